The van der Waals surface area contributed by atoms with Gasteiger partial charge in [-0.05, 0) is 12.1 Å². The lowest BCUT2D eigenvalue weighted by atomic mass is 10.2. The van der Waals surface area contributed by atoms with Crippen LogP contribution >= 0.6 is 11.6 Å². The summed E-state index contributed by atoms with van der Waals surface area (Å²) in [6.45, 7) is 2.01. The molecule has 1 atom stereocenters. The van der Waals surface area contributed by atoms with Crippen LogP contribution in [0, 0.1) is 0 Å². The summed E-state index contributed by atoms with van der Waals surface area (Å²) in [5.41, 5.74) is -0.854. The number of morpholine rings is 1. The van der Waals surface area contributed by atoms with Crippen molar-refractivity contribution < 1.29 is 17.9 Å². The number of rotatable bonds is 3. The van der Waals surface area contributed by atoms with E-state index in [0.29, 0.717) is 32.1 Å². The van der Waals surface area contributed by atoms with Crippen molar-refractivity contribution in [3.05, 3.63) is 41.3 Å². The summed E-state index contributed by atoms with van der Waals surface area (Å²) in [5, 5.41) is 4.10. The monoisotopic (exact) mass is 346 g/mol. The molecule has 3 rings (SSSR count). The molecule has 2 aromatic heterocycles. The summed E-state index contributed by atoms with van der Waals surface area (Å²) in [7, 11) is 0. The fourth-order valence-electron chi connectivity index (χ4n) is 2.46. The van der Waals surface area contributed by atoms with Crippen molar-refractivity contribution in [2.75, 3.05) is 24.6 Å². The molecule has 23 heavy (non-hydrogen) atoms. The SMILES string of the molecule is FC(F)(F)c1cnc(N2CCOC(Cn3cccn3)C2)c(Cl)c1. The van der Waals surface area contributed by atoms with Gasteiger partial charge in [-0.2, -0.15) is 18.3 Å². The smallest absolute Gasteiger partial charge is 0.373 e. The van der Waals surface area contributed by atoms with E-state index < -0.39 is 11.7 Å². The van der Waals surface area contributed by atoms with Crippen molar-refractivity contribution >= 4 is 17.4 Å². The van der Waals surface area contributed by atoms with Crippen LogP contribution in [0.1, 0.15) is 5.56 Å². The largest absolute Gasteiger partial charge is 0.417 e. The van der Waals surface area contributed by atoms with E-state index in [-0.39, 0.29) is 11.1 Å². The van der Waals surface area contributed by atoms with Gasteiger partial charge in [0, 0.05) is 31.7 Å². The van der Waals surface area contributed by atoms with Crippen LogP contribution in [0.4, 0.5) is 19.0 Å². The van der Waals surface area contributed by atoms with Crippen LogP contribution in [-0.4, -0.2) is 40.6 Å². The second kappa shape index (κ2) is 6.37. The fourth-order valence-corrected chi connectivity index (χ4v) is 2.74. The number of hydrogen-bond acceptors (Lipinski definition) is 4. The Morgan fingerprint density at radius 2 is 2.22 bits per heavy atom. The quantitative estimate of drug-likeness (QED) is 0.857. The molecular formula is C14H14ClF3N4O. The van der Waals surface area contributed by atoms with E-state index in [4.69, 9.17) is 16.3 Å². The molecule has 1 saturated heterocycles. The first-order valence-electron chi connectivity index (χ1n) is 7.00. The normalized spacial score (nSPS) is 19.1. The Hall–Kier alpha value is -1.80. The molecule has 5 nitrogen and oxygen atoms in total. The van der Waals surface area contributed by atoms with Crippen LogP contribution < -0.4 is 4.90 Å². The van der Waals surface area contributed by atoms with Gasteiger partial charge in [-0.3, -0.25) is 4.68 Å². The van der Waals surface area contributed by atoms with Crippen molar-refractivity contribution in [3.63, 3.8) is 0 Å². The summed E-state index contributed by atoms with van der Waals surface area (Å²) in [6, 6.07) is 2.72. The van der Waals surface area contributed by atoms with Gasteiger partial charge in [-0.25, -0.2) is 4.98 Å². The molecule has 1 aliphatic rings. The van der Waals surface area contributed by atoms with Gasteiger partial charge in [0.05, 0.1) is 29.8 Å². The molecule has 1 unspecified atom stereocenters. The van der Waals surface area contributed by atoms with Gasteiger partial charge in [0.2, 0.25) is 0 Å². The molecule has 0 N–H and O–H groups in total. The van der Waals surface area contributed by atoms with E-state index in [1.165, 1.54) is 0 Å². The molecule has 0 bridgehead atoms. The number of nitrogens with zero attached hydrogens (tertiary/aromatic N) is 4. The van der Waals surface area contributed by atoms with E-state index in [9.17, 15) is 13.2 Å². The van der Waals surface area contributed by atoms with Gasteiger partial charge in [0.1, 0.15) is 5.82 Å². The highest BCUT2D eigenvalue weighted by Crippen LogP contribution is 2.33. The Labute approximate surface area is 135 Å². The lowest BCUT2D eigenvalue weighted by Crippen LogP contribution is -2.44. The first kappa shape index (κ1) is 16.1. The van der Waals surface area contributed by atoms with Gasteiger partial charge in [0.15, 0.2) is 0 Å². The molecule has 9 heteroatoms. The predicted octanol–water partition coefficient (Wildman–Crippen LogP) is 2.86. The highest BCUT2D eigenvalue weighted by atomic mass is 35.5. The van der Waals surface area contributed by atoms with Crippen LogP contribution in [0.5, 0.6) is 0 Å². The van der Waals surface area contributed by atoms with Gasteiger partial charge in [-0.15, -0.1) is 0 Å². The van der Waals surface area contributed by atoms with Crippen LogP contribution in [0.2, 0.25) is 5.02 Å². The molecule has 1 aliphatic heterocycles. The maximum absolute atomic E-state index is 12.7. The number of halogens is 4. The lowest BCUT2D eigenvalue weighted by Gasteiger charge is -2.34. The molecule has 0 aromatic carbocycles. The average Bonchev–Trinajstić information content (AvgIpc) is 2.99. The molecule has 0 amide bonds. The Morgan fingerprint density at radius 3 is 2.87 bits per heavy atom. The molecule has 0 spiro atoms. The third-order valence-corrected chi connectivity index (χ3v) is 3.82. The summed E-state index contributed by atoms with van der Waals surface area (Å²) >= 11 is 6.00. The van der Waals surface area contributed by atoms with Gasteiger partial charge < -0.3 is 9.64 Å². The van der Waals surface area contributed by atoms with Crippen molar-refractivity contribution in [1.82, 2.24) is 14.8 Å². The molecule has 0 aliphatic carbocycles. The number of ether oxygens (including phenoxy) is 1. The summed E-state index contributed by atoms with van der Waals surface area (Å²) in [5.74, 6) is 0.341. The zero-order chi connectivity index (χ0) is 16.4. The van der Waals surface area contributed by atoms with Crippen LogP contribution in [0.25, 0.3) is 0 Å². The lowest BCUT2D eigenvalue weighted by molar-refractivity contribution is -0.137. The second-order valence-electron chi connectivity index (χ2n) is 5.19. The molecule has 1 fully saturated rings. The van der Waals surface area contributed by atoms with Crippen LogP contribution in [-0.2, 0) is 17.5 Å². The predicted molar refractivity (Wildman–Crippen MR) is 78.4 cm³/mol. The first-order chi connectivity index (χ1) is 10.9. The van der Waals surface area contributed by atoms with Crippen LogP contribution in [0.15, 0.2) is 30.7 Å². The standard InChI is InChI=1S/C14H14ClF3N4O/c15-12-6-10(14(16,17)18)7-19-13(12)21-4-5-23-11(8-21)9-22-3-1-2-20-22/h1-3,6-7,11H,4-5,8-9H2. The van der Waals surface area contributed by atoms with Crippen molar-refractivity contribution in [3.8, 4) is 0 Å². The van der Waals surface area contributed by atoms with Crippen molar-refractivity contribution in [2.45, 2.75) is 18.8 Å². The summed E-state index contributed by atoms with van der Waals surface area (Å²) in [4.78, 5) is 5.73. The fraction of sp³-hybridized carbons (Fsp3) is 0.429. The highest BCUT2D eigenvalue weighted by Gasteiger charge is 2.32. The minimum atomic E-state index is -4.46. The van der Waals surface area contributed by atoms with Gasteiger partial charge in [0.25, 0.3) is 0 Å². The number of anilines is 1. The Morgan fingerprint density at radius 1 is 1.39 bits per heavy atom. The maximum atomic E-state index is 12.7. The number of aromatic nitrogens is 3. The highest BCUT2D eigenvalue weighted by molar-refractivity contribution is 6.33. The Balaban J connectivity index is 1.73. The molecule has 124 valence electrons. The Kier molecular flexibility index (Phi) is 4.45. The molecule has 3 heterocycles. The number of alkyl halides is 3. The third-order valence-electron chi connectivity index (χ3n) is 3.54. The first-order valence-corrected chi connectivity index (χ1v) is 7.38. The van der Waals surface area contributed by atoms with E-state index in [1.807, 2.05) is 17.2 Å². The number of hydrogen-bond donors (Lipinski definition) is 0. The van der Waals surface area contributed by atoms with Crippen LogP contribution in [0.3, 0.4) is 0 Å². The topological polar surface area (TPSA) is 43.2 Å². The van der Waals surface area contributed by atoms with E-state index in [2.05, 4.69) is 10.1 Å². The van der Waals surface area contributed by atoms with Crippen molar-refractivity contribution in [2.24, 2.45) is 0 Å². The van der Waals surface area contributed by atoms with E-state index in [1.54, 1.807) is 10.9 Å². The van der Waals surface area contributed by atoms with Gasteiger partial charge >= 0.3 is 6.18 Å². The van der Waals surface area contributed by atoms with E-state index >= 15 is 0 Å². The minimum absolute atomic E-state index is 0.0143. The van der Waals surface area contributed by atoms with Gasteiger partial charge in [-0.1, -0.05) is 11.6 Å². The average molecular weight is 347 g/mol. The second-order valence-corrected chi connectivity index (χ2v) is 5.60. The number of pyridine rings is 1. The minimum Gasteiger partial charge on any atom is -0.373 e. The third kappa shape index (κ3) is 3.76. The molecule has 0 radical (unpaired) electrons. The molecular weight excluding hydrogens is 333 g/mol. The maximum Gasteiger partial charge on any atom is 0.417 e. The summed E-state index contributed by atoms with van der Waals surface area (Å²) in [6.07, 6.45) is -0.286. The Bertz CT molecular complexity index is 663. The van der Waals surface area contributed by atoms with Crippen molar-refractivity contribution in [1.29, 1.82) is 0 Å². The zero-order valence-electron chi connectivity index (χ0n) is 12.0. The molecule has 0 saturated carbocycles. The van der Waals surface area contributed by atoms with E-state index in [0.717, 1.165) is 12.3 Å². The molecule has 2 aromatic rings. The zero-order valence-corrected chi connectivity index (χ0v) is 12.8. The summed E-state index contributed by atoms with van der Waals surface area (Å²) < 4.78 is 45.4.